The van der Waals surface area contributed by atoms with E-state index >= 15 is 0 Å². The number of amides is 2. The molecule has 5 rings (SSSR count). The summed E-state index contributed by atoms with van der Waals surface area (Å²) in [6.45, 7) is 6.75. The lowest BCUT2D eigenvalue weighted by Crippen LogP contribution is -2.53. The predicted octanol–water partition coefficient (Wildman–Crippen LogP) is 6.35. The SMILES string of the molecule is CC(C)Oc1ccccc1C1=NC(c2ccc(Cl)cc2)C(c2ccc(Cl)cc2)N1C(=O)N1CCNCC1. The van der Waals surface area contributed by atoms with Gasteiger partial charge in [-0.1, -0.05) is 59.6 Å². The molecule has 2 atom stereocenters. The Kier molecular flexibility index (Phi) is 7.70. The van der Waals surface area contributed by atoms with Crippen LogP contribution in [0.2, 0.25) is 10.0 Å². The van der Waals surface area contributed by atoms with E-state index in [1.807, 2.05) is 96.4 Å². The molecule has 1 saturated heterocycles. The van der Waals surface area contributed by atoms with Gasteiger partial charge in [0.15, 0.2) is 0 Å². The molecule has 1 N–H and O–H groups in total. The normalized spacial score (nSPS) is 19.8. The molecule has 2 aliphatic heterocycles. The zero-order valence-corrected chi connectivity index (χ0v) is 22.4. The number of rotatable bonds is 5. The van der Waals surface area contributed by atoms with Crippen molar-refractivity contribution in [2.45, 2.75) is 32.0 Å². The average molecular weight is 537 g/mol. The highest BCUT2D eigenvalue weighted by molar-refractivity contribution is 6.30. The second-order valence-corrected chi connectivity index (χ2v) is 10.4. The molecule has 0 aromatic heterocycles. The summed E-state index contributed by atoms with van der Waals surface area (Å²) < 4.78 is 6.17. The van der Waals surface area contributed by atoms with E-state index in [4.69, 9.17) is 32.9 Å². The molecule has 2 heterocycles. The van der Waals surface area contributed by atoms with Gasteiger partial charge in [-0.3, -0.25) is 9.89 Å². The third-order valence-electron chi connectivity index (χ3n) is 6.57. The third-order valence-corrected chi connectivity index (χ3v) is 7.08. The molecule has 3 aromatic rings. The lowest BCUT2D eigenvalue weighted by Gasteiger charge is -2.36. The van der Waals surface area contributed by atoms with Crippen LogP contribution in [0.25, 0.3) is 0 Å². The van der Waals surface area contributed by atoms with Crippen LogP contribution in [-0.2, 0) is 0 Å². The van der Waals surface area contributed by atoms with Crippen LogP contribution in [0.4, 0.5) is 4.79 Å². The van der Waals surface area contributed by atoms with Crippen molar-refractivity contribution in [1.29, 1.82) is 0 Å². The molecule has 0 radical (unpaired) electrons. The molecular formula is C29H30Cl2N4O2. The van der Waals surface area contributed by atoms with Crippen LogP contribution in [0.1, 0.15) is 42.6 Å². The first-order chi connectivity index (χ1) is 17.9. The van der Waals surface area contributed by atoms with Crippen LogP contribution in [0.3, 0.4) is 0 Å². The molecule has 2 unspecified atom stereocenters. The van der Waals surface area contributed by atoms with Gasteiger partial charge in [-0.25, -0.2) is 4.79 Å². The van der Waals surface area contributed by atoms with E-state index < -0.39 is 0 Å². The lowest BCUT2D eigenvalue weighted by atomic mass is 9.93. The number of nitrogens with one attached hydrogen (secondary N) is 1. The summed E-state index contributed by atoms with van der Waals surface area (Å²) >= 11 is 12.5. The molecular weight excluding hydrogens is 507 g/mol. The van der Waals surface area contributed by atoms with Crippen LogP contribution in [0.5, 0.6) is 5.75 Å². The number of urea groups is 1. The van der Waals surface area contributed by atoms with Crippen LogP contribution in [-0.4, -0.2) is 53.9 Å². The monoisotopic (exact) mass is 536 g/mol. The number of para-hydroxylation sites is 1. The van der Waals surface area contributed by atoms with Crippen molar-refractivity contribution >= 4 is 35.1 Å². The summed E-state index contributed by atoms with van der Waals surface area (Å²) in [5.41, 5.74) is 2.71. The number of carbonyl (C=O) groups is 1. The molecule has 192 valence electrons. The number of nitrogens with zero attached hydrogens (tertiary/aromatic N) is 3. The van der Waals surface area contributed by atoms with Gasteiger partial charge in [0.05, 0.1) is 17.7 Å². The van der Waals surface area contributed by atoms with Gasteiger partial charge in [0.2, 0.25) is 0 Å². The fourth-order valence-electron chi connectivity index (χ4n) is 4.87. The fraction of sp³-hybridized carbons (Fsp3) is 0.310. The molecule has 0 aliphatic carbocycles. The lowest BCUT2D eigenvalue weighted by molar-refractivity contribution is 0.157. The molecule has 3 aromatic carbocycles. The maximum absolute atomic E-state index is 14.3. The number of hydrogen-bond donors (Lipinski definition) is 1. The Balaban J connectivity index is 1.68. The second-order valence-electron chi connectivity index (χ2n) is 9.50. The summed E-state index contributed by atoms with van der Waals surface area (Å²) in [6.07, 6.45) is -0.0282. The maximum Gasteiger partial charge on any atom is 0.326 e. The zero-order valence-electron chi connectivity index (χ0n) is 20.9. The molecule has 2 aliphatic rings. The Bertz CT molecular complexity index is 1270. The van der Waals surface area contributed by atoms with Crippen molar-refractivity contribution < 1.29 is 9.53 Å². The molecule has 1 fully saturated rings. The Morgan fingerprint density at radius 1 is 0.919 bits per heavy atom. The van der Waals surface area contributed by atoms with Gasteiger partial charge in [-0.05, 0) is 61.4 Å². The van der Waals surface area contributed by atoms with Crippen LogP contribution in [0.15, 0.2) is 77.8 Å². The number of benzene rings is 3. The van der Waals surface area contributed by atoms with Crippen molar-refractivity contribution in [2.75, 3.05) is 26.2 Å². The van der Waals surface area contributed by atoms with Crippen LogP contribution in [0, 0.1) is 0 Å². The number of hydrogen-bond acceptors (Lipinski definition) is 4. The summed E-state index contributed by atoms with van der Waals surface area (Å²) in [6, 6.07) is 22.3. The average Bonchev–Trinajstić information content (AvgIpc) is 3.30. The Hall–Kier alpha value is -3.06. The van der Waals surface area contributed by atoms with E-state index in [2.05, 4.69) is 5.32 Å². The molecule has 37 heavy (non-hydrogen) atoms. The van der Waals surface area contributed by atoms with Crippen molar-refractivity contribution in [3.63, 3.8) is 0 Å². The molecule has 0 saturated carbocycles. The van der Waals surface area contributed by atoms with Gasteiger partial charge < -0.3 is 15.0 Å². The minimum absolute atomic E-state index is 0.0282. The third kappa shape index (κ3) is 5.47. The van der Waals surface area contributed by atoms with Gasteiger partial charge in [0.1, 0.15) is 17.6 Å². The quantitative estimate of drug-likeness (QED) is 0.413. The first kappa shape index (κ1) is 25.6. The first-order valence-electron chi connectivity index (χ1n) is 12.6. The summed E-state index contributed by atoms with van der Waals surface area (Å²) in [5.74, 6) is 1.29. The van der Waals surface area contributed by atoms with Gasteiger partial charge >= 0.3 is 6.03 Å². The van der Waals surface area contributed by atoms with Gasteiger partial charge in [0.25, 0.3) is 0 Å². The highest BCUT2D eigenvalue weighted by Crippen LogP contribution is 2.45. The number of aliphatic imine (C=N–C) groups is 1. The maximum atomic E-state index is 14.3. The molecule has 0 bridgehead atoms. The molecule has 0 spiro atoms. The van der Waals surface area contributed by atoms with Crippen molar-refractivity contribution in [1.82, 2.24) is 15.1 Å². The Labute approximate surface area is 227 Å². The summed E-state index contributed by atoms with van der Waals surface area (Å²) in [7, 11) is 0. The summed E-state index contributed by atoms with van der Waals surface area (Å²) in [5, 5.41) is 4.62. The van der Waals surface area contributed by atoms with E-state index in [0.717, 1.165) is 29.8 Å². The Morgan fingerprint density at radius 3 is 2.14 bits per heavy atom. The van der Waals surface area contributed by atoms with E-state index in [9.17, 15) is 4.79 Å². The van der Waals surface area contributed by atoms with E-state index in [1.54, 1.807) is 0 Å². The molecule has 2 amide bonds. The zero-order chi connectivity index (χ0) is 25.9. The summed E-state index contributed by atoms with van der Waals surface area (Å²) in [4.78, 5) is 23.2. The minimum atomic E-state index is -0.372. The first-order valence-corrected chi connectivity index (χ1v) is 13.3. The number of halogens is 2. The topological polar surface area (TPSA) is 57.2 Å². The number of piperazine rings is 1. The van der Waals surface area contributed by atoms with E-state index in [0.29, 0.717) is 34.7 Å². The number of ether oxygens (including phenoxy) is 1. The van der Waals surface area contributed by atoms with E-state index in [1.165, 1.54) is 0 Å². The van der Waals surface area contributed by atoms with Crippen molar-refractivity contribution in [3.05, 3.63) is 99.5 Å². The van der Waals surface area contributed by atoms with Gasteiger partial charge in [0, 0.05) is 36.2 Å². The number of amidine groups is 1. The van der Waals surface area contributed by atoms with Crippen molar-refractivity contribution in [2.24, 2.45) is 4.99 Å². The van der Waals surface area contributed by atoms with Gasteiger partial charge in [-0.15, -0.1) is 0 Å². The highest BCUT2D eigenvalue weighted by atomic mass is 35.5. The van der Waals surface area contributed by atoms with E-state index in [-0.39, 0.29) is 24.2 Å². The molecule has 6 nitrogen and oxygen atoms in total. The van der Waals surface area contributed by atoms with Crippen LogP contribution >= 0.6 is 23.2 Å². The standard InChI is InChI=1S/C29H30Cl2N4O2/c1-19(2)37-25-6-4-3-5-24(25)28-33-26(20-7-11-22(30)12-8-20)27(21-9-13-23(31)14-10-21)35(28)29(36)34-17-15-32-16-18-34/h3-14,19,26-27,32H,15-18H2,1-2H3. The molecule has 8 heteroatoms. The van der Waals surface area contributed by atoms with Crippen molar-refractivity contribution in [3.8, 4) is 5.75 Å². The number of carbonyl (C=O) groups excluding carboxylic acids is 1. The minimum Gasteiger partial charge on any atom is -0.490 e. The van der Waals surface area contributed by atoms with Gasteiger partial charge in [-0.2, -0.15) is 0 Å². The smallest absolute Gasteiger partial charge is 0.326 e. The Morgan fingerprint density at radius 2 is 1.51 bits per heavy atom. The highest BCUT2D eigenvalue weighted by Gasteiger charge is 2.44. The fourth-order valence-corrected chi connectivity index (χ4v) is 5.12. The van der Waals surface area contributed by atoms with Crippen LogP contribution < -0.4 is 10.1 Å². The largest absolute Gasteiger partial charge is 0.490 e. The second kappa shape index (κ2) is 11.1. The predicted molar refractivity (Wildman–Crippen MR) is 149 cm³/mol.